The van der Waals surface area contributed by atoms with Gasteiger partial charge in [0.25, 0.3) is 0 Å². The van der Waals surface area contributed by atoms with Crippen LogP contribution in [-0.4, -0.2) is 21.2 Å². The molecule has 0 amide bonds. The third-order valence-electron chi connectivity index (χ3n) is 5.25. The van der Waals surface area contributed by atoms with E-state index in [1.165, 1.54) is 39.8 Å². The number of anilines is 1. The van der Waals surface area contributed by atoms with Crippen LogP contribution in [0.2, 0.25) is 0 Å². The van der Waals surface area contributed by atoms with Crippen LogP contribution < -0.4 is 5.32 Å². The van der Waals surface area contributed by atoms with Crippen LogP contribution in [0.5, 0.6) is 0 Å². The first kappa shape index (κ1) is 14.4. The number of hydrogen-bond acceptors (Lipinski definition) is 5. The van der Waals surface area contributed by atoms with Crippen LogP contribution in [0.25, 0.3) is 10.2 Å². The summed E-state index contributed by atoms with van der Waals surface area (Å²) in [6.07, 6.45) is 6.70. The Balaban J connectivity index is 1.59. The zero-order chi connectivity index (χ0) is 16.1. The second-order valence-corrected chi connectivity index (χ2v) is 7.79. The molecule has 1 aromatic carbocycles. The highest BCUT2D eigenvalue weighted by Gasteiger charge is 2.32. The predicted molar refractivity (Wildman–Crippen MR) is 96.6 cm³/mol. The molecule has 5 rings (SSSR count). The fraction of sp³-hybridized carbons (Fsp3) is 0.368. The number of aliphatic hydroxyl groups excluding tert-OH is 1. The molecule has 2 aliphatic carbocycles. The second-order valence-electron chi connectivity index (χ2n) is 6.71. The molecule has 2 atom stereocenters. The van der Waals surface area contributed by atoms with Gasteiger partial charge in [0.1, 0.15) is 17.0 Å². The van der Waals surface area contributed by atoms with Crippen molar-refractivity contribution >= 4 is 27.4 Å². The first-order valence-corrected chi connectivity index (χ1v) is 9.40. The molecule has 0 unspecified atom stereocenters. The molecule has 0 fully saturated rings. The normalized spacial score (nSPS) is 22.4. The summed E-state index contributed by atoms with van der Waals surface area (Å²) in [5, 5.41) is 15.2. The summed E-state index contributed by atoms with van der Waals surface area (Å²) in [6, 6.07) is 8.17. The number of thiophene rings is 1. The van der Waals surface area contributed by atoms with E-state index in [4.69, 9.17) is 0 Å². The highest BCUT2D eigenvalue weighted by atomic mass is 32.1. The van der Waals surface area contributed by atoms with E-state index in [9.17, 15) is 5.11 Å². The zero-order valence-corrected chi connectivity index (χ0v) is 14.1. The predicted octanol–water partition coefficient (Wildman–Crippen LogP) is 3.64. The van der Waals surface area contributed by atoms with E-state index in [1.54, 1.807) is 17.7 Å². The average molecular weight is 337 g/mol. The van der Waals surface area contributed by atoms with E-state index >= 15 is 0 Å². The summed E-state index contributed by atoms with van der Waals surface area (Å²) in [7, 11) is 0. The van der Waals surface area contributed by atoms with Gasteiger partial charge in [-0.05, 0) is 42.4 Å². The molecule has 4 nitrogen and oxygen atoms in total. The number of fused-ring (bicyclic) bond motifs is 4. The Kier molecular flexibility index (Phi) is 3.31. The minimum absolute atomic E-state index is 0.0987. The largest absolute Gasteiger partial charge is 0.390 e. The third-order valence-corrected chi connectivity index (χ3v) is 6.45. The number of aliphatic hydroxyl groups is 1. The maximum Gasteiger partial charge on any atom is 0.139 e. The molecule has 2 aliphatic rings. The molecule has 0 saturated heterocycles. The molecular weight excluding hydrogens is 318 g/mol. The molecule has 122 valence electrons. The Morgan fingerprint density at radius 1 is 1.12 bits per heavy atom. The SMILES string of the molecule is O[C@H]1Cc2ccccc2[C@H]1Nc1ncnc2sc3c(c12)CCCC3. The minimum atomic E-state index is -0.415. The van der Waals surface area contributed by atoms with E-state index in [-0.39, 0.29) is 6.04 Å². The van der Waals surface area contributed by atoms with E-state index in [0.717, 1.165) is 23.5 Å². The summed E-state index contributed by atoms with van der Waals surface area (Å²) < 4.78 is 0. The molecule has 2 N–H and O–H groups in total. The van der Waals surface area contributed by atoms with Crippen molar-refractivity contribution in [1.29, 1.82) is 0 Å². The fourth-order valence-electron chi connectivity index (χ4n) is 4.09. The van der Waals surface area contributed by atoms with Crippen LogP contribution in [0.15, 0.2) is 30.6 Å². The summed E-state index contributed by atoms with van der Waals surface area (Å²) in [5.74, 6) is 0.875. The summed E-state index contributed by atoms with van der Waals surface area (Å²) in [6.45, 7) is 0. The molecule has 0 saturated carbocycles. The standard InChI is InChI=1S/C19H19N3OS/c23-14-9-11-5-1-2-6-12(11)17(14)22-18-16-13-7-3-4-8-15(13)24-19(16)21-10-20-18/h1-2,5-6,10,14,17,23H,3-4,7-9H2,(H,20,21,22)/t14-,17+/m0/s1. The molecule has 2 aromatic heterocycles. The van der Waals surface area contributed by atoms with Gasteiger partial charge in [-0.1, -0.05) is 24.3 Å². The van der Waals surface area contributed by atoms with Gasteiger partial charge in [0.2, 0.25) is 0 Å². The first-order valence-electron chi connectivity index (χ1n) is 8.59. The topological polar surface area (TPSA) is 58.0 Å². The Bertz CT molecular complexity index is 920. The van der Waals surface area contributed by atoms with Crippen molar-refractivity contribution in [3.63, 3.8) is 0 Å². The highest BCUT2D eigenvalue weighted by Crippen LogP contribution is 2.40. The number of rotatable bonds is 2. The van der Waals surface area contributed by atoms with Crippen LogP contribution in [0.1, 0.15) is 40.5 Å². The van der Waals surface area contributed by atoms with Crippen LogP contribution in [0.4, 0.5) is 5.82 Å². The lowest BCUT2D eigenvalue weighted by Crippen LogP contribution is -2.22. The molecule has 5 heteroatoms. The molecule has 2 heterocycles. The van der Waals surface area contributed by atoms with Crippen LogP contribution >= 0.6 is 11.3 Å². The lowest BCUT2D eigenvalue weighted by atomic mass is 9.97. The molecule has 0 aliphatic heterocycles. The van der Waals surface area contributed by atoms with Gasteiger partial charge in [0.05, 0.1) is 17.5 Å². The van der Waals surface area contributed by atoms with Gasteiger partial charge < -0.3 is 10.4 Å². The number of benzene rings is 1. The van der Waals surface area contributed by atoms with Crippen LogP contribution in [-0.2, 0) is 19.3 Å². The Morgan fingerprint density at radius 2 is 2.00 bits per heavy atom. The van der Waals surface area contributed by atoms with Crippen molar-refractivity contribution in [3.05, 3.63) is 52.2 Å². The van der Waals surface area contributed by atoms with Gasteiger partial charge in [0, 0.05) is 11.3 Å². The molecule has 0 spiro atoms. The molecular formula is C19H19N3OS. The van der Waals surface area contributed by atoms with Gasteiger partial charge in [0.15, 0.2) is 0 Å². The molecule has 0 radical (unpaired) electrons. The summed E-state index contributed by atoms with van der Waals surface area (Å²) in [4.78, 5) is 11.6. The van der Waals surface area contributed by atoms with Crippen molar-refractivity contribution < 1.29 is 5.11 Å². The Labute approximate surface area is 144 Å². The van der Waals surface area contributed by atoms with Gasteiger partial charge in [-0.2, -0.15) is 0 Å². The van der Waals surface area contributed by atoms with Crippen molar-refractivity contribution in [1.82, 2.24) is 9.97 Å². The highest BCUT2D eigenvalue weighted by molar-refractivity contribution is 7.19. The second kappa shape index (κ2) is 5.53. The first-order chi connectivity index (χ1) is 11.8. The summed E-state index contributed by atoms with van der Waals surface area (Å²) in [5.41, 5.74) is 3.83. The quantitative estimate of drug-likeness (QED) is 0.749. The number of aromatic nitrogens is 2. The van der Waals surface area contributed by atoms with Crippen LogP contribution in [0.3, 0.4) is 0 Å². The summed E-state index contributed by atoms with van der Waals surface area (Å²) >= 11 is 1.80. The van der Waals surface area contributed by atoms with Crippen molar-refractivity contribution in [2.45, 2.75) is 44.2 Å². The van der Waals surface area contributed by atoms with Gasteiger partial charge >= 0.3 is 0 Å². The van der Waals surface area contributed by atoms with Crippen molar-refractivity contribution in [2.75, 3.05) is 5.32 Å². The number of aryl methyl sites for hydroxylation is 2. The smallest absolute Gasteiger partial charge is 0.139 e. The molecule has 0 bridgehead atoms. The zero-order valence-electron chi connectivity index (χ0n) is 13.3. The lowest BCUT2D eigenvalue weighted by Gasteiger charge is -2.20. The minimum Gasteiger partial charge on any atom is -0.390 e. The monoisotopic (exact) mass is 337 g/mol. The molecule has 24 heavy (non-hydrogen) atoms. The number of nitrogens with one attached hydrogen (secondary N) is 1. The van der Waals surface area contributed by atoms with E-state index in [2.05, 4.69) is 27.4 Å². The maximum atomic E-state index is 10.5. The fourth-order valence-corrected chi connectivity index (χ4v) is 5.32. The van der Waals surface area contributed by atoms with Crippen LogP contribution in [0, 0.1) is 0 Å². The van der Waals surface area contributed by atoms with E-state index < -0.39 is 6.10 Å². The Hall–Kier alpha value is -1.98. The third kappa shape index (κ3) is 2.15. The Morgan fingerprint density at radius 3 is 2.96 bits per heavy atom. The van der Waals surface area contributed by atoms with Crippen molar-refractivity contribution in [2.24, 2.45) is 0 Å². The van der Waals surface area contributed by atoms with E-state index in [1.807, 2.05) is 12.1 Å². The average Bonchev–Trinajstić information content (AvgIpc) is 3.13. The molecule has 3 aromatic rings. The van der Waals surface area contributed by atoms with Gasteiger partial charge in [-0.15, -0.1) is 11.3 Å². The van der Waals surface area contributed by atoms with Gasteiger partial charge in [-0.3, -0.25) is 0 Å². The van der Waals surface area contributed by atoms with Crippen molar-refractivity contribution in [3.8, 4) is 0 Å². The number of nitrogens with zero attached hydrogens (tertiary/aromatic N) is 2. The maximum absolute atomic E-state index is 10.5. The van der Waals surface area contributed by atoms with E-state index in [0.29, 0.717) is 6.42 Å². The van der Waals surface area contributed by atoms with Gasteiger partial charge in [-0.25, -0.2) is 9.97 Å². The lowest BCUT2D eigenvalue weighted by molar-refractivity contribution is 0.165. The number of hydrogen-bond donors (Lipinski definition) is 2.